The van der Waals surface area contributed by atoms with E-state index in [0.29, 0.717) is 12.1 Å². The SMILES string of the molecule is CN=C(NCCc1c[nH]c2ccc(F)cc12)NC1CC(C)N(C2CC2)C1.I. The minimum Gasteiger partial charge on any atom is -0.361 e. The highest BCUT2D eigenvalue weighted by Gasteiger charge is 2.38. The first-order chi connectivity index (χ1) is 12.6. The van der Waals surface area contributed by atoms with Crippen molar-refractivity contribution in [2.24, 2.45) is 4.99 Å². The lowest BCUT2D eigenvalue weighted by Crippen LogP contribution is -2.45. The molecule has 3 N–H and O–H groups in total. The van der Waals surface area contributed by atoms with Crippen LogP contribution in [-0.2, 0) is 6.42 Å². The largest absolute Gasteiger partial charge is 0.361 e. The van der Waals surface area contributed by atoms with Crippen LogP contribution in [0.2, 0.25) is 0 Å². The van der Waals surface area contributed by atoms with E-state index in [1.54, 1.807) is 12.1 Å². The van der Waals surface area contributed by atoms with Crippen molar-refractivity contribution in [3.8, 4) is 0 Å². The van der Waals surface area contributed by atoms with Gasteiger partial charge in [-0.2, -0.15) is 0 Å². The molecule has 1 aliphatic carbocycles. The molecular weight excluding hydrogens is 456 g/mol. The lowest BCUT2D eigenvalue weighted by molar-refractivity contribution is 0.256. The molecule has 5 nitrogen and oxygen atoms in total. The van der Waals surface area contributed by atoms with Gasteiger partial charge >= 0.3 is 0 Å². The second kappa shape index (κ2) is 8.77. The normalized spacial score (nSPS) is 23.4. The number of halogens is 2. The summed E-state index contributed by atoms with van der Waals surface area (Å²) >= 11 is 0. The Bertz CT molecular complexity index is 801. The molecule has 2 fully saturated rings. The molecule has 148 valence electrons. The van der Waals surface area contributed by atoms with Gasteiger partial charge in [-0.1, -0.05) is 0 Å². The van der Waals surface area contributed by atoms with E-state index in [9.17, 15) is 4.39 Å². The molecule has 0 spiro atoms. The lowest BCUT2D eigenvalue weighted by atomic mass is 10.1. The molecule has 2 aliphatic rings. The number of aliphatic imine (C=N–C) groups is 1. The standard InChI is InChI=1S/C20H28FN5.HI/c1-13-9-16(12-26(13)17-4-5-17)25-20(22-2)23-8-7-14-11-24-19-6-3-15(21)10-18(14)19;/h3,6,10-11,13,16-17,24H,4-5,7-9,12H2,1-2H3,(H2,22,23,25);1H. The maximum atomic E-state index is 13.5. The topological polar surface area (TPSA) is 55.5 Å². The first-order valence-corrected chi connectivity index (χ1v) is 9.62. The van der Waals surface area contributed by atoms with Crippen LogP contribution in [0.5, 0.6) is 0 Å². The van der Waals surface area contributed by atoms with Crippen molar-refractivity contribution in [1.29, 1.82) is 0 Å². The van der Waals surface area contributed by atoms with Crippen LogP contribution in [0.1, 0.15) is 31.7 Å². The zero-order chi connectivity index (χ0) is 18.1. The van der Waals surface area contributed by atoms with Gasteiger partial charge in [0.15, 0.2) is 5.96 Å². The Balaban J connectivity index is 0.00000210. The number of aromatic nitrogens is 1. The van der Waals surface area contributed by atoms with Crippen LogP contribution in [0.25, 0.3) is 10.9 Å². The fourth-order valence-electron chi connectivity index (χ4n) is 4.14. The van der Waals surface area contributed by atoms with Crippen LogP contribution in [0.3, 0.4) is 0 Å². The highest BCUT2D eigenvalue weighted by atomic mass is 127. The first-order valence-electron chi connectivity index (χ1n) is 9.62. The van der Waals surface area contributed by atoms with E-state index in [1.807, 2.05) is 13.2 Å². The first kappa shape index (κ1) is 20.4. The zero-order valence-corrected chi connectivity index (χ0v) is 18.3. The second-order valence-corrected chi connectivity index (χ2v) is 7.61. The monoisotopic (exact) mass is 485 g/mol. The van der Waals surface area contributed by atoms with Crippen molar-refractivity contribution in [3.63, 3.8) is 0 Å². The summed E-state index contributed by atoms with van der Waals surface area (Å²) in [6.07, 6.45) is 6.66. The van der Waals surface area contributed by atoms with E-state index in [4.69, 9.17) is 0 Å². The molecular formula is C20H29FIN5. The Morgan fingerprint density at radius 3 is 2.93 bits per heavy atom. The molecule has 1 saturated carbocycles. The molecule has 1 aliphatic heterocycles. The lowest BCUT2D eigenvalue weighted by Gasteiger charge is -2.20. The van der Waals surface area contributed by atoms with Gasteiger partial charge in [-0.05, 0) is 56.4 Å². The molecule has 0 radical (unpaired) electrons. The summed E-state index contributed by atoms with van der Waals surface area (Å²) in [5.41, 5.74) is 2.10. The van der Waals surface area contributed by atoms with Crippen LogP contribution in [0.15, 0.2) is 29.4 Å². The van der Waals surface area contributed by atoms with Gasteiger partial charge < -0.3 is 15.6 Å². The molecule has 1 saturated heterocycles. The molecule has 0 bridgehead atoms. The summed E-state index contributed by atoms with van der Waals surface area (Å²) in [6.45, 7) is 4.19. The Hall–Kier alpha value is -1.35. The van der Waals surface area contributed by atoms with Crippen molar-refractivity contribution in [3.05, 3.63) is 35.8 Å². The van der Waals surface area contributed by atoms with E-state index < -0.39 is 0 Å². The van der Waals surface area contributed by atoms with Crippen molar-refractivity contribution in [2.75, 3.05) is 20.1 Å². The Labute approximate surface area is 177 Å². The molecule has 2 unspecified atom stereocenters. The number of benzene rings is 1. The van der Waals surface area contributed by atoms with Gasteiger partial charge in [0.25, 0.3) is 0 Å². The molecule has 7 heteroatoms. The summed E-state index contributed by atoms with van der Waals surface area (Å²) in [7, 11) is 1.81. The summed E-state index contributed by atoms with van der Waals surface area (Å²) in [5.74, 6) is 0.658. The predicted octanol–water partition coefficient (Wildman–Crippen LogP) is 3.26. The van der Waals surface area contributed by atoms with Gasteiger partial charge in [0, 0.05) is 55.4 Å². The fraction of sp³-hybridized carbons (Fsp3) is 0.550. The van der Waals surface area contributed by atoms with Gasteiger partial charge in [0.1, 0.15) is 5.82 Å². The summed E-state index contributed by atoms with van der Waals surface area (Å²) in [4.78, 5) is 10.2. The second-order valence-electron chi connectivity index (χ2n) is 7.61. The van der Waals surface area contributed by atoms with Crippen molar-refractivity contribution in [1.82, 2.24) is 20.5 Å². The van der Waals surface area contributed by atoms with E-state index in [-0.39, 0.29) is 29.8 Å². The van der Waals surface area contributed by atoms with Gasteiger partial charge in [-0.25, -0.2) is 4.39 Å². The van der Waals surface area contributed by atoms with E-state index in [0.717, 1.165) is 48.0 Å². The van der Waals surface area contributed by atoms with Crippen molar-refractivity contribution < 1.29 is 4.39 Å². The maximum absolute atomic E-state index is 13.5. The molecule has 27 heavy (non-hydrogen) atoms. The average molecular weight is 485 g/mol. The molecule has 0 amide bonds. The maximum Gasteiger partial charge on any atom is 0.191 e. The smallest absolute Gasteiger partial charge is 0.191 e. The predicted molar refractivity (Wildman–Crippen MR) is 119 cm³/mol. The number of nitrogens with one attached hydrogen (secondary N) is 3. The highest BCUT2D eigenvalue weighted by molar-refractivity contribution is 14.0. The van der Waals surface area contributed by atoms with E-state index in [1.165, 1.54) is 25.3 Å². The molecule has 1 aromatic heterocycles. The third-order valence-corrected chi connectivity index (χ3v) is 5.62. The van der Waals surface area contributed by atoms with Gasteiger partial charge in [-0.3, -0.25) is 9.89 Å². The summed E-state index contributed by atoms with van der Waals surface area (Å²) in [6, 6.07) is 6.79. The molecule has 1 aromatic carbocycles. The Morgan fingerprint density at radius 2 is 2.19 bits per heavy atom. The number of likely N-dealkylation sites (tertiary alicyclic amines) is 1. The van der Waals surface area contributed by atoms with Gasteiger partial charge in [0.05, 0.1) is 0 Å². The zero-order valence-electron chi connectivity index (χ0n) is 16.0. The number of H-pyrrole nitrogens is 1. The van der Waals surface area contributed by atoms with Crippen molar-refractivity contribution >= 4 is 40.8 Å². The van der Waals surface area contributed by atoms with Gasteiger partial charge in [0.2, 0.25) is 0 Å². The van der Waals surface area contributed by atoms with Crippen LogP contribution >= 0.6 is 24.0 Å². The Morgan fingerprint density at radius 1 is 1.37 bits per heavy atom. The third-order valence-electron chi connectivity index (χ3n) is 5.62. The third kappa shape index (κ3) is 4.74. The molecule has 2 aromatic rings. The quantitative estimate of drug-likeness (QED) is 0.346. The van der Waals surface area contributed by atoms with E-state index >= 15 is 0 Å². The molecule has 4 rings (SSSR count). The number of aromatic amines is 1. The number of fused-ring (bicyclic) bond motifs is 1. The summed E-state index contributed by atoms with van der Waals surface area (Å²) in [5, 5.41) is 7.92. The van der Waals surface area contributed by atoms with Crippen LogP contribution in [-0.4, -0.2) is 54.1 Å². The van der Waals surface area contributed by atoms with Gasteiger partial charge in [-0.15, -0.1) is 24.0 Å². The number of hydrogen-bond acceptors (Lipinski definition) is 2. The minimum absolute atomic E-state index is 0. The molecule has 2 atom stereocenters. The number of guanidine groups is 1. The number of nitrogens with zero attached hydrogens (tertiary/aromatic N) is 2. The van der Waals surface area contributed by atoms with Crippen LogP contribution in [0, 0.1) is 5.82 Å². The summed E-state index contributed by atoms with van der Waals surface area (Å²) < 4.78 is 13.5. The highest BCUT2D eigenvalue weighted by Crippen LogP contribution is 2.33. The minimum atomic E-state index is -0.195. The van der Waals surface area contributed by atoms with E-state index in [2.05, 4.69) is 32.4 Å². The van der Waals surface area contributed by atoms with Crippen LogP contribution < -0.4 is 10.6 Å². The Kier molecular flexibility index (Phi) is 6.62. The average Bonchev–Trinajstić information content (AvgIpc) is 3.30. The fourth-order valence-corrected chi connectivity index (χ4v) is 4.14. The van der Waals surface area contributed by atoms with Crippen molar-refractivity contribution in [2.45, 2.75) is 50.7 Å². The van der Waals surface area contributed by atoms with Crippen LogP contribution in [0.4, 0.5) is 4.39 Å². The number of rotatable bonds is 5. The molecule has 2 heterocycles. The number of hydrogen-bond donors (Lipinski definition) is 3.